The monoisotopic (exact) mass is 327 g/mol. The summed E-state index contributed by atoms with van der Waals surface area (Å²) in [5.74, 6) is 3.55. The summed E-state index contributed by atoms with van der Waals surface area (Å²) in [4.78, 5) is 14.4. The van der Waals surface area contributed by atoms with Crippen LogP contribution < -0.4 is 9.47 Å². The minimum atomic E-state index is 0.158. The summed E-state index contributed by atoms with van der Waals surface area (Å²) in [6, 6.07) is 3.67. The fourth-order valence-electron chi connectivity index (χ4n) is 2.55. The number of ether oxygens (including phenoxy) is 2. The number of hydrogen-bond acceptors (Lipinski definition) is 4. The molecule has 21 heavy (non-hydrogen) atoms. The number of hydrogen-bond donors (Lipinski definition) is 0. The van der Waals surface area contributed by atoms with E-state index < -0.39 is 0 Å². The molecule has 6 heteroatoms. The van der Waals surface area contributed by atoms with Crippen molar-refractivity contribution >= 4 is 29.3 Å². The van der Waals surface area contributed by atoms with Crippen LogP contribution in [-0.2, 0) is 11.2 Å². The Balaban J connectivity index is 1.72. The topological polar surface area (TPSA) is 38.8 Å². The predicted molar refractivity (Wildman–Crippen MR) is 84.7 cm³/mol. The lowest BCUT2D eigenvalue weighted by atomic mass is 10.1. The molecule has 0 bridgehead atoms. The zero-order chi connectivity index (χ0) is 14.7. The number of benzene rings is 1. The number of carbonyl (C=O) groups is 1. The molecule has 0 N–H and O–H groups in total. The second-order valence-corrected chi connectivity index (χ2v) is 6.76. The van der Waals surface area contributed by atoms with Crippen molar-refractivity contribution < 1.29 is 14.3 Å². The van der Waals surface area contributed by atoms with Crippen LogP contribution in [0.5, 0.6) is 11.5 Å². The molecule has 2 aliphatic heterocycles. The third-order valence-electron chi connectivity index (χ3n) is 3.59. The molecule has 1 aromatic carbocycles. The molecular weight excluding hydrogens is 310 g/mol. The number of thioether (sulfide) groups is 1. The fraction of sp³-hybridized carbons (Fsp3) is 0.533. The first-order valence-corrected chi connectivity index (χ1v) is 8.71. The lowest BCUT2D eigenvalue weighted by Crippen LogP contribution is -2.34. The highest BCUT2D eigenvalue weighted by Crippen LogP contribution is 2.38. The quantitative estimate of drug-likeness (QED) is 0.837. The van der Waals surface area contributed by atoms with Gasteiger partial charge in [0.25, 0.3) is 0 Å². The summed E-state index contributed by atoms with van der Waals surface area (Å²) in [6.07, 6.45) is 1.43. The van der Waals surface area contributed by atoms with Gasteiger partial charge >= 0.3 is 0 Å². The average molecular weight is 328 g/mol. The van der Waals surface area contributed by atoms with Crippen LogP contribution in [0.3, 0.4) is 0 Å². The zero-order valence-electron chi connectivity index (χ0n) is 11.8. The maximum atomic E-state index is 12.4. The van der Waals surface area contributed by atoms with Gasteiger partial charge in [-0.15, -0.1) is 0 Å². The molecule has 0 spiro atoms. The number of carbonyl (C=O) groups excluding carboxylic acids is 1. The van der Waals surface area contributed by atoms with Gasteiger partial charge in [0.15, 0.2) is 11.5 Å². The normalized spacial score (nSPS) is 18.2. The van der Waals surface area contributed by atoms with Crippen LogP contribution >= 0.6 is 23.4 Å². The maximum Gasteiger partial charge on any atom is 0.227 e. The molecule has 0 radical (unpaired) electrons. The van der Waals surface area contributed by atoms with Gasteiger partial charge < -0.3 is 14.4 Å². The van der Waals surface area contributed by atoms with Gasteiger partial charge in [-0.05, 0) is 29.9 Å². The highest BCUT2D eigenvalue weighted by atomic mass is 35.5. The first-order chi connectivity index (χ1) is 10.2. The first kappa shape index (κ1) is 14.9. The van der Waals surface area contributed by atoms with E-state index in [0.717, 1.165) is 36.6 Å². The second-order valence-electron chi connectivity index (χ2n) is 5.13. The van der Waals surface area contributed by atoms with E-state index in [1.54, 1.807) is 6.07 Å². The molecule has 3 rings (SSSR count). The van der Waals surface area contributed by atoms with Gasteiger partial charge in [-0.1, -0.05) is 11.6 Å². The van der Waals surface area contributed by atoms with E-state index in [9.17, 15) is 4.79 Å². The van der Waals surface area contributed by atoms with Gasteiger partial charge in [0.05, 0.1) is 11.4 Å². The first-order valence-electron chi connectivity index (χ1n) is 7.17. The van der Waals surface area contributed by atoms with Gasteiger partial charge in [-0.25, -0.2) is 0 Å². The molecule has 1 amide bonds. The average Bonchev–Trinajstić information content (AvgIpc) is 2.76. The smallest absolute Gasteiger partial charge is 0.227 e. The van der Waals surface area contributed by atoms with Crippen LogP contribution in [-0.4, -0.2) is 48.6 Å². The SMILES string of the molecule is O=C(Cc1cc(Cl)c2c(c1)OCCO2)N1CCCSCC1. The number of rotatable bonds is 2. The Morgan fingerprint density at radius 3 is 3.00 bits per heavy atom. The molecule has 0 unspecified atom stereocenters. The van der Waals surface area contributed by atoms with Gasteiger partial charge in [-0.2, -0.15) is 11.8 Å². The van der Waals surface area contributed by atoms with Crippen molar-refractivity contribution in [1.82, 2.24) is 4.90 Å². The molecule has 0 aliphatic carbocycles. The van der Waals surface area contributed by atoms with Crippen molar-refractivity contribution in [2.24, 2.45) is 0 Å². The summed E-state index contributed by atoms with van der Waals surface area (Å²) >= 11 is 8.12. The van der Waals surface area contributed by atoms with Crippen molar-refractivity contribution in [3.63, 3.8) is 0 Å². The molecule has 1 fully saturated rings. The van der Waals surface area contributed by atoms with Gasteiger partial charge in [-0.3, -0.25) is 4.79 Å². The van der Waals surface area contributed by atoms with Crippen LogP contribution in [0, 0.1) is 0 Å². The highest BCUT2D eigenvalue weighted by molar-refractivity contribution is 7.99. The second kappa shape index (κ2) is 6.79. The predicted octanol–water partition coefficient (Wildman–Crippen LogP) is 2.62. The van der Waals surface area contributed by atoms with Crippen molar-refractivity contribution in [2.75, 3.05) is 37.8 Å². The third kappa shape index (κ3) is 3.58. The molecule has 114 valence electrons. The van der Waals surface area contributed by atoms with Crippen molar-refractivity contribution in [2.45, 2.75) is 12.8 Å². The number of nitrogens with zero attached hydrogens (tertiary/aromatic N) is 1. The maximum absolute atomic E-state index is 12.4. The number of fused-ring (bicyclic) bond motifs is 1. The largest absolute Gasteiger partial charge is 0.486 e. The summed E-state index contributed by atoms with van der Waals surface area (Å²) < 4.78 is 11.0. The minimum Gasteiger partial charge on any atom is -0.486 e. The summed E-state index contributed by atoms with van der Waals surface area (Å²) in [6.45, 7) is 2.71. The molecule has 1 aromatic rings. The van der Waals surface area contributed by atoms with Crippen molar-refractivity contribution in [3.05, 3.63) is 22.7 Å². The van der Waals surface area contributed by atoms with Crippen LogP contribution in [0.4, 0.5) is 0 Å². The van der Waals surface area contributed by atoms with E-state index in [1.165, 1.54) is 0 Å². The van der Waals surface area contributed by atoms with E-state index in [4.69, 9.17) is 21.1 Å². The Bertz CT molecular complexity index is 530. The van der Waals surface area contributed by atoms with E-state index in [-0.39, 0.29) is 5.91 Å². The lowest BCUT2D eigenvalue weighted by Gasteiger charge is -2.22. The molecule has 0 atom stereocenters. The molecular formula is C15H18ClNO3S. The molecule has 1 saturated heterocycles. The number of amides is 1. The van der Waals surface area contributed by atoms with Crippen molar-refractivity contribution in [1.29, 1.82) is 0 Å². The molecule has 4 nitrogen and oxygen atoms in total. The molecule has 2 heterocycles. The Kier molecular flexibility index (Phi) is 4.80. The summed E-state index contributed by atoms with van der Waals surface area (Å²) in [7, 11) is 0. The van der Waals surface area contributed by atoms with E-state index in [1.807, 2.05) is 22.7 Å². The van der Waals surface area contributed by atoms with Crippen LogP contribution in [0.25, 0.3) is 0 Å². The van der Waals surface area contributed by atoms with Crippen LogP contribution in [0.1, 0.15) is 12.0 Å². The zero-order valence-corrected chi connectivity index (χ0v) is 13.3. The summed E-state index contributed by atoms with van der Waals surface area (Å²) in [5, 5.41) is 0.515. The van der Waals surface area contributed by atoms with E-state index >= 15 is 0 Å². The van der Waals surface area contributed by atoms with Gasteiger partial charge in [0, 0.05) is 18.8 Å². The highest BCUT2D eigenvalue weighted by Gasteiger charge is 2.20. The third-order valence-corrected chi connectivity index (χ3v) is 4.92. The molecule has 0 saturated carbocycles. The van der Waals surface area contributed by atoms with Crippen molar-refractivity contribution in [3.8, 4) is 11.5 Å². The lowest BCUT2D eigenvalue weighted by molar-refractivity contribution is -0.130. The fourth-order valence-corrected chi connectivity index (χ4v) is 3.72. The standard InChI is InChI=1S/C15H18ClNO3S/c16-12-8-11(9-13-15(12)20-5-4-19-13)10-14(18)17-2-1-6-21-7-3-17/h8-9H,1-7,10H2. The van der Waals surface area contributed by atoms with Gasteiger partial charge in [0.1, 0.15) is 13.2 Å². The summed E-state index contributed by atoms with van der Waals surface area (Å²) in [5.41, 5.74) is 0.881. The van der Waals surface area contributed by atoms with Crippen LogP contribution in [0.2, 0.25) is 5.02 Å². The van der Waals surface area contributed by atoms with Gasteiger partial charge in [0.2, 0.25) is 5.91 Å². The van der Waals surface area contributed by atoms with Crippen LogP contribution in [0.15, 0.2) is 12.1 Å². The molecule has 2 aliphatic rings. The molecule has 0 aromatic heterocycles. The Hall–Kier alpha value is -1.07. The Morgan fingerprint density at radius 2 is 2.10 bits per heavy atom. The van der Waals surface area contributed by atoms with E-state index in [2.05, 4.69) is 0 Å². The minimum absolute atomic E-state index is 0.158. The Morgan fingerprint density at radius 1 is 1.24 bits per heavy atom. The Labute approximate surface area is 133 Å². The van der Waals surface area contributed by atoms with E-state index in [0.29, 0.717) is 36.2 Å². The number of halogens is 1.